The standard InChI is InChI=1S/C17H18N2O/c1-10-14(11-6-2-3-7-11)16-15(19-17(10)20)12-8-4-5-9-13(12)18-16/h4-5,8-9,11,18H,2-3,6-7H2,1H3,(H,19,20). The number of pyridine rings is 1. The highest BCUT2D eigenvalue weighted by atomic mass is 16.1. The van der Waals surface area contributed by atoms with E-state index < -0.39 is 0 Å². The van der Waals surface area contributed by atoms with Gasteiger partial charge in [-0.3, -0.25) is 4.79 Å². The molecule has 1 saturated carbocycles. The second-order valence-electron chi connectivity index (χ2n) is 5.89. The molecule has 0 amide bonds. The monoisotopic (exact) mass is 266 g/mol. The summed E-state index contributed by atoms with van der Waals surface area (Å²) in [6.45, 7) is 1.96. The molecule has 0 unspecified atom stereocenters. The zero-order valence-corrected chi connectivity index (χ0v) is 11.6. The van der Waals surface area contributed by atoms with E-state index in [0.717, 1.165) is 27.5 Å². The fraction of sp³-hybridized carbons (Fsp3) is 0.353. The number of rotatable bonds is 1. The summed E-state index contributed by atoms with van der Waals surface area (Å²) in [5.41, 5.74) is 5.40. The van der Waals surface area contributed by atoms with Crippen molar-refractivity contribution >= 4 is 21.9 Å². The number of aromatic nitrogens is 2. The number of para-hydroxylation sites is 1. The average molecular weight is 266 g/mol. The lowest BCUT2D eigenvalue weighted by molar-refractivity contribution is 0.720. The molecule has 0 bridgehead atoms. The van der Waals surface area contributed by atoms with Crippen LogP contribution in [0.5, 0.6) is 0 Å². The van der Waals surface area contributed by atoms with Gasteiger partial charge in [-0.1, -0.05) is 31.0 Å². The summed E-state index contributed by atoms with van der Waals surface area (Å²) in [7, 11) is 0. The van der Waals surface area contributed by atoms with Gasteiger partial charge in [0.15, 0.2) is 0 Å². The predicted octanol–water partition coefficient (Wildman–Crippen LogP) is 3.98. The predicted molar refractivity (Wildman–Crippen MR) is 82.4 cm³/mol. The van der Waals surface area contributed by atoms with Crippen LogP contribution in [0, 0.1) is 6.92 Å². The zero-order chi connectivity index (χ0) is 13.7. The molecular weight excluding hydrogens is 248 g/mol. The van der Waals surface area contributed by atoms with E-state index in [4.69, 9.17) is 0 Å². The lowest BCUT2D eigenvalue weighted by Crippen LogP contribution is -2.14. The molecule has 3 aromatic rings. The highest BCUT2D eigenvalue weighted by Crippen LogP contribution is 2.39. The molecule has 1 aliphatic carbocycles. The molecule has 4 rings (SSSR count). The van der Waals surface area contributed by atoms with Gasteiger partial charge in [-0.2, -0.15) is 0 Å². The van der Waals surface area contributed by atoms with Crippen molar-refractivity contribution < 1.29 is 0 Å². The Bertz CT molecular complexity index is 850. The molecule has 3 heteroatoms. The highest BCUT2D eigenvalue weighted by Gasteiger charge is 2.24. The third-order valence-corrected chi connectivity index (χ3v) is 4.72. The number of hydrogen-bond acceptors (Lipinski definition) is 1. The maximum absolute atomic E-state index is 12.3. The molecule has 0 radical (unpaired) electrons. The molecule has 0 saturated heterocycles. The van der Waals surface area contributed by atoms with Crippen LogP contribution in [-0.2, 0) is 0 Å². The van der Waals surface area contributed by atoms with E-state index >= 15 is 0 Å². The topological polar surface area (TPSA) is 48.6 Å². The van der Waals surface area contributed by atoms with Crippen LogP contribution in [0.25, 0.3) is 21.9 Å². The van der Waals surface area contributed by atoms with Gasteiger partial charge in [0.2, 0.25) is 0 Å². The molecule has 0 aliphatic heterocycles. The Kier molecular flexibility index (Phi) is 2.49. The molecule has 1 fully saturated rings. The van der Waals surface area contributed by atoms with E-state index in [0.29, 0.717) is 5.92 Å². The van der Waals surface area contributed by atoms with Crippen LogP contribution in [0.3, 0.4) is 0 Å². The summed E-state index contributed by atoms with van der Waals surface area (Å²) in [4.78, 5) is 18.9. The van der Waals surface area contributed by atoms with Crippen molar-refractivity contribution in [2.75, 3.05) is 0 Å². The Morgan fingerprint density at radius 3 is 2.60 bits per heavy atom. The summed E-state index contributed by atoms with van der Waals surface area (Å²) < 4.78 is 0. The van der Waals surface area contributed by atoms with E-state index in [1.165, 1.54) is 31.2 Å². The zero-order valence-electron chi connectivity index (χ0n) is 11.6. The summed E-state index contributed by atoms with van der Waals surface area (Å²) in [6.07, 6.45) is 4.96. The smallest absolute Gasteiger partial charge is 0.251 e. The maximum atomic E-state index is 12.3. The van der Waals surface area contributed by atoms with Crippen LogP contribution >= 0.6 is 0 Å². The van der Waals surface area contributed by atoms with Crippen LogP contribution in [0.2, 0.25) is 0 Å². The molecule has 0 spiro atoms. The average Bonchev–Trinajstić information content (AvgIpc) is 3.08. The Morgan fingerprint density at radius 1 is 1.05 bits per heavy atom. The van der Waals surface area contributed by atoms with E-state index in [1.807, 2.05) is 19.1 Å². The minimum atomic E-state index is 0.0594. The minimum absolute atomic E-state index is 0.0594. The summed E-state index contributed by atoms with van der Waals surface area (Å²) in [5, 5.41) is 1.11. The molecule has 2 aromatic heterocycles. The second-order valence-corrected chi connectivity index (χ2v) is 5.89. The molecule has 3 nitrogen and oxygen atoms in total. The van der Waals surface area contributed by atoms with E-state index in [9.17, 15) is 4.79 Å². The molecule has 102 valence electrons. The number of hydrogen-bond donors (Lipinski definition) is 2. The van der Waals surface area contributed by atoms with Crippen molar-refractivity contribution in [3.05, 3.63) is 45.7 Å². The van der Waals surface area contributed by atoms with Crippen molar-refractivity contribution in [3.63, 3.8) is 0 Å². The van der Waals surface area contributed by atoms with Crippen LogP contribution in [-0.4, -0.2) is 9.97 Å². The van der Waals surface area contributed by atoms with Crippen LogP contribution in [0.15, 0.2) is 29.1 Å². The molecule has 20 heavy (non-hydrogen) atoms. The number of aromatic amines is 2. The Morgan fingerprint density at radius 2 is 1.80 bits per heavy atom. The first-order valence-corrected chi connectivity index (χ1v) is 7.39. The Hall–Kier alpha value is -2.03. The molecule has 1 aromatic carbocycles. The second kappa shape index (κ2) is 4.23. The Balaban J connectivity index is 2.14. The van der Waals surface area contributed by atoms with Gasteiger partial charge < -0.3 is 9.97 Å². The molecular formula is C17H18N2O. The maximum Gasteiger partial charge on any atom is 0.251 e. The third kappa shape index (κ3) is 1.56. The van der Waals surface area contributed by atoms with Crippen molar-refractivity contribution in [3.8, 4) is 0 Å². The highest BCUT2D eigenvalue weighted by molar-refractivity contribution is 6.06. The van der Waals surface area contributed by atoms with Crippen LogP contribution in [0.4, 0.5) is 0 Å². The summed E-state index contributed by atoms with van der Waals surface area (Å²) in [6, 6.07) is 8.18. The SMILES string of the molecule is Cc1c(C2CCCC2)c2[nH]c3ccccc3c2[nH]c1=O. The third-order valence-electron chi connectivity index (χ3n) is 4.72. The van der Waals surface area contributed by atoms with Crippen molar-refractivity contribution in [2.45, 2.75) is 38.5 Å². The van der Waals surface area contributed by atoms with Crippen molar-refractivity contribution in [1.29, 1.82) is 0 Å². The Labute approximate surface area is 117 Å². The largest absolute Gasteiger partial charge is 0.353 e. The number of nitrogens with one attached hydrogen (secondary N) is 2. The first kappa shape index (κ1) is 11.8. The van der Waals surface area contributed by atoms with Gasteiger partial charge in [-0.25, -0.2) is 0 Å². The first-order chi connectivity index (χ1) is 9.75. The lowest BCUT2D eigenvalue weighted by Gasteiger charge is -2.13. The van der Waals surface area contributed by atoms with Crippen LogP contribution < -0.4 is 5.56 Å². The fourth-order valence-corrected chi connectivity index (χ4v) is 3.72. The van der Waals surface area contributed by atoms with Crippen LogP contribution in [0.1, 0.15) is 42.7 Å². The van der Waals surface area contributed by atoms with Gasteiger partial charge in [0.1, 0.15) is 0 Å². The van der Waals surface area contributed by atoms with Crippen molar-refractivity contribution in [1.82, 2.24) is 9.97 Å². The van der Waals surface area contributed by atoms with E-state index in [-0.39, 0.29) is 5.56 Å². The minimum Gasteiger partial charge on any atom is -0.353 e. The number of fused-ring (bicyclic) bond motifs is 3. The van der Waals surface area contributed by atoms with E-state index in [2.05, 4.69) is 22.1 Å². The fourth-order valence-electron chi connectivity index (χ4n) is 3.72. The first-order valence-electron chi connectivity index (χ1n) is 7.39. The van der Waals surface area contributed by atoms with Gasteiger partial charge in [0.05, 0.1) is 11.0 Å². The van der Waals surface area contributed by atoms with Gasteiger partial charge in [-0.15, -0.1) is 0 Å². The molecule has 1 aliphatic rings. The quantitative estimate of drug-likeness (QED) is 0.687. The van der Waals surface area contributed by atoms with E-state index in [1.54, 1.807) is 0 Å². The normalized spacial score (nSPS) is 16.4. The van der Waals surface area contributed by atoms with Crippen molar-refractivity contribution in [2.24, 2.45) is 0 Å². The van der Waals surface area contributed by atoms with Gasteiger partial charge in [0, 0.05) is 16.5 Å². The molecule has 0 atom stereocenters. The van der Waals surface area contributed by atoms with Gasteiger partial charge in [0.25, 0.3) is 5.56 Å². The molecule has 2 heterocycles. The number of H-pyrrole nitrogens is 2. The summed E-state index contributed by atoms with van der Waals surface area (Å²) >= 11 is 0. The summed E-state index contributed by atoms with van der Waals surface area (Å²) in [5.74, 6) is 0.535. The molecule has 2 N–H and O–H groups in total. The lowest BCUT2D eigenvalue weighted by atomic mass is 9.93. The van der Waals surface area contributed by atoms with Gasteiger partial charge in [-0.05, 0) is 37.3 Å². The van der Waals surface area contributed by atoms with Gasteiger partial charge >= 0.3 is 0 Å². The number of benzene rings is 1.